The summed E-state index contributed by atoms with van der Waals surface area (Å²) in [6.07, 6.45) is 0. The Morgan fingerprint density at radius 2 is 2.42 bits per heavy atom. The molecule has 0 amide bonds. The summed E-state index contributed by atoms with van der Waals surface area (Å²) in [5.74, 6) is -0.486. The zero-order valence-electron chi connectivity index (χ0n) is 7.13. The average Bonchev–Trinajstić information content (AvgIpc) is 2.32. The van der Waals surface area contributed by atoms with E-state index in [1.54, 1.807) is 13.8 Å². The molecule has 0 atom stereocenters. The van der Waals surface area contributed by atoms with Gasteiger partial charge in [-0.1, -0.05) is 0 Å². The molecule has 0 saturated carbocycles. The zero-order chi connectivity index (χ0) is 9.14. The van der Waals surface area contributed by atoms with Crippen molar-refractivity contribution in [2.45, 2.75) is 13.8 Å². The van der Waals surface area contributed by atoms with Gasteiger partial charge in [-0.15, -0.1) is 0 Å². The Labute approximate surface area is 70.6 Å². The highest BCUT2D eigenvalue weighted by Crippen LogP contribution is 2.13. The number of carbonyl (C=O) groups is 1. The molecule has 0 aliphatic carbocycles. The molecule has 1 heterocycles. The van der Waals surface area contributed by atoms with Crippen LogP contribution in [0.3, 0.4) is 0 Å². The maximum Gasteiger partial charge on any atom is 0.343 e. The highest BCUT2D eigenvalue weighted by Gasteiger charge is 2.23. The van der Waals surface area contributed by atoms with Gasteiger partial charge in [0.25, 0.3) is 0 Å². The summed E-state index contributed by atoms with van der Waals surface area (Å²) < 4.78 is 4.73. The molecular weight excluding hydrogens is 158 g/mol. The van der Waals surface area contributed by atoms with Crippen LogP contribution in [0.1, 0.15) is 13.8 Å². The summed E-state index contributed by atoms with van der Waals surface area (Å²) in [5, 5.41) is 9.22. The largest absolute Gasteiger partial charge is 0.509 e. The molecule has 0 saturated heterocycles. The molecule has 0 bridgehead atoms. The van der Waals surface area contributed by atoms with Crippen LogP contribution in [0.15, 0.2) is 16.3 Å². The highest BCUT2D eigenvalue weighted by atomic mass is 16.5. The topological polar surface area (TPSA) is 58.9 Å². The van der Waals surface area contributed by atoms with Crippen LogP contribution in [0.4, 0.5) is 0 Å². The van der Waals surface area contributed by atoms with Gasteiger partial charge in [-0.05, 0) is 13.8 Å². The fraction of sp³-hybridized carbons (Fsp3) is 0.500. The third-order valence-electron chi connectivity index (χ3n) is 1.60. The van der Waals surface area contributed by atoms with Crippen LogP contribution in [0.5, 0.6) is 0 Å². The maximum absolute atomic E-state index is 11.1. The predicted octanol–water partition coefficient (Wildman–Crippen LogP) is 0.836. The summed E-state index contributed by atoms with van der Waals surface area (Å²) in [5.41, 5.74) is 0.766. The van der Waals surface area contributed by atoms with Crippen molar-refractivity contribution in [3.05, 3.63) is 11.3 Å². The van der Waals surface area contributed by atoms with Crippen molar-refractivity contribution in [2.75, 3.05) is 13.2 Å². The number of hydrogen-bond donors (Lipinski definition) is 1. The van der Waals surface area contributed by atoms with Crippen molar-refractivity contribution in [2.24, 2.45) is 4.99 Å². The number of aliphatic hydroxyl groups excluding tert-OH is 1. The molecule has 66 valence electrons. The Kier molecular flexibility index (Phi) is 2.47. The van der Waals surface area contributed by atoms with Gasteiger partial charge in [0.2, 0.25) is 0 Å². The van der Waals surface area contributed by atoms with Gasteiger partial charge in [0.1, 0.15) is 11.3 Å². The lowest BCUT2D eigenvalue weighted by Crippen LogP contribution is -2.13. The van der Waals surface area contributed by atoms with E-state index >= 15 is 0 Å². The normalized spacial score (nSPS) is 16.3. The monoisotopic (exact) mass is 169 g/mol. The number of esters is 1. The molecule has 1 N–H and O–H groups in total. The van der Waals surface area contributed by atoms with Crippen LogP contribution in [0, 0.1) is 0 Å². The van der Waals surface area contributed by atoms with E-state index in [1.807, 2.05) is 0 Å². The molecule has 4 nitrogen and oxygen atoms in total. The van der Waals surface area contributed by atoms with Crippen LogP contribution in [-0.4, -0.2) is 29.9 Å². The van der Waals surface area contributed by atoms with Gasteiger partial charge in [-0.2, -0.15) is 0 Å². The third-order valence-corrected chi connectivity index (χ3v) is 1.60. The van der Waals surface area contributed by atoms with Gasteiger partial charge in [-0.25, -0.2) is 4.79 Å². The summed E-state index contributed by atoms with van der Waals surface area (Å²) in [7, 11) is 0. The zero-order valence-corrected chi connectivity index (χ0v) is 7.13. The number of nitrogens with zero attached hydrogens (tertiary/aromatic N) is 1. The molecule has 1 aliphatic heterocycles. The van der Waals surface area contributed by atoms with E-state index in [9.17, 15) is 9.90 Å². The summed E-state index contributed by atoms with van der Waals surface area (Å²) >= 11 is 0. The molecule has 0 aromatic heterocycles. The number of aliphatic imine (C=N–C) groups is 1. The Morgan fingerprint density at radius 3 is 2.83 bits per heavy atom. The number of rotatable bonds is 2. The molecule has 4 heteroatoms. The second-order valence-electron chi connectivity index (χ2n) is 2.44. The van der Waals surface area contributed by atoms with Crippen molar-refractivity contribution < 1.29 is 14.6 Å². The minimum absolute atomic E-state index is 0.00551. The van der Waals surface area contributed by atoms with E-state index in [0.29, 0.717) is 12.3 Å². The van der Waals surface area contributed by atoms with Crippen molar-refractivity contribution in [1.82, 2.24) is 0 Å². The highest BCUT2D eigenvalue weighted by molar-refractivity contribution is 6.20. The maximum atomic E-state index is 11.1. The Balaban J connectivity index is 2.80. The molecule has 0 unspecified atom stereocenters. The first-order valence-corrected chi connectivity index (χ1v) is 3.77. The Bertz CT molecular complexity index is 265. The molecule has 12 heavy (non-hydrogen) atoms. The van der Waals surface area contributed by atoms with Crippen LogP contribution >= 0.6 is 0 Å². The van der Waals surface area contributed by atoms with E-state index in [-0.39, 0.29) is 17.9 Å². The van der Waals surface area contributed by atoms with Gasteiger partial charge >= 0.3 is 5.97 Å². The van der Waals surface area contributed by atoms with Crippen LogP contribution in [0.25, 0.3) is 0 Å². The number of carbonyl (C=O) groups excluding carboxylic acids is 1. The average molecular weight is 169 g/mol. The van der Waals surface area contributed by atoms with E-state index < -0.39 is 5.97 Å². The fourth-order valence-electron chi connectivity index (χ4n) is 1.03. The third kappa shape index (κ3) is 1.47. The van der Waals surface area contributed by atoms with E-state index in [4.69, 9.17) is 4.74 Å². The lowest BCUT2D eigenvalue weighted by Gasteiger charge is -2.02. The quantitative estimate of drug-likeness (QED) is 0.623. The first-order chi connectivity index (χ1) is 5.66. The minimum Gasteiger partial charge on any atom is -0.509 e. The van der Waals surface area contributed by atoms with Crippen molar-refractivity contribution in [3.63, 3.8) is 0 Å². The van der Waals surface area contributed by atoms with Crippen molar-refractivity contribution in [3.8, 4) is 0 Å². The summed E-state index contributed by atoms with van der Waals surface area (Å²) in [4.78, 5) is 15.0. The lowest BCUT2D eigenvalue weighted by molar-refractivity contribution is -0.138. The second kappa shape index (κ2) is 3.38. The van der Waals surface area contributed by atoms with Gasteiger partial charge in [0.15, 0.2) is 0 Å². The van der Waals surface area contributed by atoms with E-state index in [1.165, 1.54) is 0 Å². The first-order valence-electron chi connectivity index (χ1n) is 3.77. The standard InChI is InChI=1S/C8H11NO3/c1-3-12-8(11)7-5(2)9-4-6(7)10/h10H,3-4H2,1-2H3. The van der Waals surface area contributed by atoms with E-state index in [2.05, 4.69) is 4.99 Å². The van der Waals surface area contributed by atoms with Crippen LogP contribution in [-0.2, 0) is 9.53 Å². The molecule has 0 radical (unpaired) electrons. The summed E-state index contributed by atoms with van der Waals surface area (Å²) in [6, 6.07) is 0. The molecule has 1 aliphatic rings. The fourth-order valence-corrected chi connectivity index (χ4v) is 1.03. The molecular formula is C8H11NO3. The Hall–Kier alpha value is -1.32. The summed E-state index contributed by atoms with van der Waals surface area (Å²) in [6.45, 7) is 3.90. The second-order valence-corrected chi connectivity index (χ2v) is 2.44. The van der Waals surface area contributed by atoms with Crippen LogP contribution < -0.4 is 0 Å². The van der Waals surface area contributed by atoms with Gasteiger partial charge in [0, 0.05) is 0 Å². The van der Waals surface area contributed by atoms with Gasteiger partial charge in [-0.3, -0.25) is 4.99 Å². The first kappa shape index (κ1) is 8.77. The molecule has 0 fully saturated rings. The molecule has 1 rings (SSSR count). The number of aliphatic hydroxyl groups is 1. The van der Waals surface area contributed by atoms with Crippen LogP contribution in [0.2, 0.25) is 0 Å². The smallest absolute Gasteiger partial charge is 0.343 e. The predicted molar refractivity (Wildman–Crippen MR) is 44.3 cm³/mol. The van der Waals surface area contributed by atoms with Crippen molar-refractivity contribution >= 4 is 11.7 Å². The molecule has 0 aromatic carbocycles. The SMILES string of the molecule is CCOC(=O)C1=C(O)CN=C1C. The van der Waals surface area contributed by atoms with E-state index in [0.717, 1.165) is 0 Å². The van der Waals surface area contributed by atoms with Gasteiger partial charge in [0.05, 0.1) is 18.9 Å². The Morgan fingerprint density at radius 1 is 1.75 bits per heavy atom. The van der Waals surface area contributed by atoms with Gasteiger partial charge < -0.3 is 9.84 Å². The molecule has 0 aromatic rings. The number of hydrogen-bond acceptors (Lipinski definition) is 4. The number of ether oxygens (including phenoxy) is 1. The lowest BCUT2D eigenvalue weighted by atomic mass is 10.2. The van der Waals surface area contributed by atoms with Crippen molar-refractivity contribution in [1.29, 1.82) is 0 Å². The minimum atomic E-state index is -0.492. The molecule has 0 spiro atoms.